The highest BCUT2D eigenvalue weighted by molar-refractivity contribution is 5.40. The number of rotatable bonds is 4. The molecule has 0 bridgehead atoms. The fraction of sp³-hybridized carbons (Fsp3) is 0.467. The molecule has 106 valence electrons. The van der Waals surface area contributed by atoms with Crippen LogP contribution in [0, 0.1) is 0 Å². The first-order valence-corrected chi connectivity index (χ1v) is 7.25. The van der Waals surface area contributed by atoms with Crippen molar-refractivity contribution in [3.05, 3.63) is 46.1 Å². The average Bonchev–Trinajstić information content (AvgIpc) is 2.76. The first-order valence-electron chi connectivity index (χ1n) is 7.25. The largest absolute Gasteiger partial charge is 0.399 e. The number of nitrogen functional groups attached to an aromatic ring is 1. The summed E-state index contributed by atoms with van der Waals surface area (Å²) in [6.45, 7) is 1.50. The van der Waals surface area contributed by atoms with Gasteiger partial charge in [0.05, 0.1) is 0 Å². The van der Waals surface area contributed by atoms with Crippen LogP contribution in [0.3, 0.4) is 0 Å². The first kappa shape index (κ1) is 13.0. The monoisotopic (exact) mass is 272 g/mol. The van der Waals surface area contributed by atoms with E-state index in [0.29, 0.717) is 6.54 Å². The third-order valence-electron chi connectivity index (χ3n) is 3.82. The van der Waals surface area contributed by atoms with E-state index in [1.807, 2.05) is 22.8 Å². The lowest BCUT2D eigenvalue weighted by molar-refractivity contribution is 0.509. The summed E-state index contributed by atoms with van der Waals surface area (Å²) in [5, 5.41) is 4.44. The van der Waals surface area contributed by atoms with Crippen molar-refractivity contribution in [1.29, 1.82) is 0 Å². The minimum atomic E-state index is 0.0484. The molecular weight excluding hydrogens is 252 g/mol. The molecule has 1 aliphatic heterocycles. The zero-order chi connectivity index (χ0) is 13.9. The first-order chi connectivity index (χ1) is 9.74. The van der Waals surface area contributed by atoms with Gasteiger partial charge in [0.15, 0.2) is 0 Å². The van der Waals surface area contributed by atoms with E-state index in [1.54, 1.807) is 4.68 Å². The van der Waals surface area contributed by atoms with Gasteiger partial charge >= 0.3 is 5.69 Å². The molecule has 0 saturated heterocycles. The van der Waals surface area contributed by atoms with Crippen LogP contribution < -0.4 is 11.4 Å². The molecule has 1 aromatic carbocycles. The quantitative estimate of drug-likeness (QED) is 0.860. The van der Waals surface area contributed by atoms with Crippen LogP contribution in [0.1, 0.15) is 30.7 Å². The number of fused-ring (bicyclic) bond motifs is 1. The molecule has 0 spiro atoms. The normalized spacial score (nSPS) is 14.2. The Hall–Kier alpha value is -2.04. The van der Waals surface area contributed by atoms with E-state index in [9.17, 15) is 4.79 Å². The number of hydrogen-bond acceptors (Lipinski definition) is 3. The summed E-state index contributed by atoms with van der Waals surface area (Å²) in [7, 11) is 0. The number of nitrogens with two attached hydrogens (primary N) is 1. The fourth-order valence-corrected chi connectivity index (χ4v) is 2.78. The summed E-state index contributed by atoms with van der Waals surface area (Å²) in [5.41, 5.74) is 7.81. The lowest BCUT2D eigenvalue weighted by atomic mass is 10.1. The molecule has 2 N–H and O–H groups in total. The highest BCUT2D eigenvalue weighted by Crippen LogP contribution is 2.11. The van der Waals surface area contributed by atoms with E-state index < -0.39 is 0 Å². The zero-order valence-corrected chi connectivity index (χ0v) is 11.6. The number of aromatic nitrogens is 3. The molecule has 0 aliphatic carbocycles. The van der Waals surface area contributed by atoms with Gasteiger partial charge in [0.2, 0.25) is 0 Å². The van der Waals surface area contributed by atoms with Crippen LogP contribution in [0.15, 0.2) is 29.1 Å². The summed E-state index contributed by atoms with van der Waals surface area (Å²) in [4.78, 5) is 12.2. The Kier molecular flexibility index (Phi) is 3.58. The zero-order valence-electron chi connectivity index (χ0n) is 11.6. The topological polar surface area (TPSA) is 65.8 Å². The molecule has 1 aromatic heterocycles. The van der Waals surface area contributed by atoms with Crippen molar-refractivity contribution >= 4 is 5.69 Å². The predicted octanol–water partition coefficient (Wildman–Crippen LogP) is 1.60. The molecule has 1 aliphatic rings. The second-order valence-electron chi connectivity index (χ2n) is 5.38. The maximum absolute atomic E-state index is 12.2. The van der Waals surface area contributed by atoms with E-state index in [4.69, 9.17) is 5.73 Å². The molecular formula is C15H20N4O. The average molecular weight is 272 g/mol. The van der Waals surface area contributed by atoms with Crippen molar-refractivity contribution in [2.45, 2.75) is 45.2 Å². The molecule has 20 heavy (non-hydrogen) atoms. The molecule has 0 unspecified atom stereocenters. The van der Waals surface area contributed by atoms with Crippen molar-refractivity contribution in [2.24, 2.45) is 0 Å². The molecule has 5 heteroatoms. The third-order valence-corrected chi connectivity index (χ3v) is 3.82. The van der Waals surface area contributed by atoms with E-state index in [-0.39, 0.29) is 5.69 Å². The Morgan fingerprint density at radius 3 is 3.00 bits per heavy atom. The minimum absolute atomic E-state index is 0.0484. The van der Waals surface area contributed by atoms with Gasteiger partial charge in [-0.1, -0.05) is 12.1 Å². The maximum atomic E-state index is 12.2. The molecule has 2 heterocycles. The second kappa shape index (κ2) is 5.53. The van der Waals surface area contributed by atoms with Crippen LogP contribution >= 0.6 is 0 Å². The Bertz CT molecular complexity index is 656. The van der Waals surface area contributed by atoms with Gasteiger partial charge in [-0.25, -0.2) is 9.48 Å². The van der Waals surface area contributed by atoms with Crippen LogP contribution in [0.25, 0.3) is 0 Å². The van der Waals surface area contributed by atoms with Crippen molar-refractivity contribution in [1.82, 2.24) is 14.3 Å². The number of nitrogens with zero attached hydrogens (tertiary/aromatic N) is 3. The number of benzene rings is 1. The van der Waals surface area contributed by atoms with E-state index >= 15 is 0 Å². The Balaban J connectivity index is 1.64. The van der Waals surface area contributed by atoms with Gasteiger partial charge in [0.1, 0.15) is 5.82 Å². The Labute approximate surface area is 118 Å². The minimum Gasteiger partial charge on any atom is -0.399 e. The number of anilines is 1. The van der Waals surface area contributed by atoms with Gasteiger partial charge in [-0.15, -0.1) is 0 Å². The van der Waals surface area contributed by atoms with Gasteiger partial charge in [0, 0.05) is 25.2 Å². The van der Waals surface area contributed by atoms with E-state index in [1.165, 1.54) is 5.56 Å². The molecule has 3 rings (SSSR count). The van der Waals surface area contributed by atoms with Crippen molar-refractivity contribution < 1.29 is 0 Å². The smallest absolute Gasteiger partial charge is 0.345 e. The van der Waals surface area contributed by atoms with E-state index in [0.717, 1.165) is 50.2 Å². The summed E-state index contributed by atoms with van der Waals surface area (Å²) >= 11 is 0. The van der Waals surface area contributed by atoms with Crippen LogP contribution in [0.5, 0.6) is 0 Å². The second-order valence-corrected chi connectivity index (χ2v) is 5.38. The summed E-state index contributed by atoms with van der Waals surface area (Å²) < 4.78 is 3.44. The summed E-state index contributed by atoms with van der Waals surface area (Å²) in [6, 6.07) is 7.90. The lowest BCUT2D eigenvalue weighted by Gasteiger charge is -2.09. The van der Waals surface area contributed by atoms with Gasteiger partial charge < -0.3 is 5.73 Å². The molecule has 5 nitrogen and oxygen atoms in total. The molecule has 0 atom stereocenters. The van der Waals surface area contributed by atoms with Crippen molar-refractivity contribution in [2.75, 3.05) is 5.73 Å². The molecule has 0 saturated carbocycles. The van der Waals surface area contributed by atoms with E-state index in [2.05, 4.69) is 11.2 Å². The molecule has 2 aromatic rings. The summed E-state index contributed by atoms with van der Waals surface area (Å²) in [5.74, 6) is 0.949. The highest BCUT2D eigenvalue weighted by Gasteiger charge is 2.16. The van der Waals surface area contributed by atoms with Crippen LogP contribution in [-0.2, 0) is 25.9 Å². The summed E-state index contributed by atoms with van der Waals surface area (Å²) in [6.07, 6.45) is 4.97. The standard InChI is InChI=1S/C15H20N4O/c16-13-7-3-5-12(11-13)6-4-10-19-15(20)18-9-2-1-8-14(18)17-19/h3,5,7,11H,1-2,4,6,8-10,16H2. The number of aryl methyl sites for hydroxylation is 3. The fourth-order valence-electron chi connectivity index (χ4n) is 2.78. The van der Waals surface area contributed by atoms with Gasteiger partial charge in [-0.2, -0.15) is 5.10 Å². The predicted molar refractivity (Wildman–Crippen MR) is 78.6 cm³/mol. The molecule has 0 radical (unpaired) electrons. The molecule has 0 amide bonds. The molecule has 0 fully saturated rings. The van der Waals surface area contributed by atoms with Gasteiger partial charge in [-0.05, 0) is 43.4 Å². The van der Waals surface area contributed by atoms with Crippen LogP contribution in [0.4, 0.5) is 5.69 Å². The Morgan fingerprint density at radius 1 is 1.30 bits per heavy atom. The Morgan fingerprint density at radius 2 is 2.20 bits per heavy atom. The third kappa shape index (κ3) is 2.61. The highest BCUT2D eigenvalue weighted by atomic mass is 16.2. The lowest BCUT2D eigenvalue weighted by Crippen LogP contribution is -2.27. The van der Waals surface area contributed by atoms with Crippen molar-refractivity contribution in [3.63, 3.8) is 0 Å². The van der Waals surface area contributed by atoms with Crippen molar-refractivity contribution in [3.8, 4) is 0 Å². The van der Waals surface area contributed by atoms with Crippen LogP contribution in [-0.4, -0.2) is 14.3 Å². The maximum Gasteiger partial charge on any atom is 0.345 e. The van der Waals surface area contributed by atoms with Crippen LogP contribution in [0.2, 0.25) is 0 Å². The van der Waals surface area contributed by atoms with Gasteiger partial charge in [0.25, 0.3) is 0 Å². The van der Waals surface area contributed by atoms with Gasteiger partial charge in [-0.3, -0.25) is 4.57 Å². The SMILES string of the molecule is Nc1cccc(CCCn2nc3n(c2=O)CCCC3)c1. The number of hydrogen-bond donors (Lipinski definition) is 1.